The minimum absolute atomic E-state index is 0.00354. The van der Waals surface area contributed by atoms with Gasteiger partial charge in [0, 0.05) is 12.8 Å². The molecule has 12 N–H and O–H groups in total. The molecule has 0 saturated carbocycles. The molecular weight excluding hydrogens is 748 g/mol. The van der Waals surface area contributed by atoms with E-state index in [0.717, 1.165) is 22.0 Å². The van der Waals surface area contributed by atoms with Gasteiger partial charge in [0.1, 0.15) is 24.9 Å². The van der Waals surface area contributed by atoms with Crippen LogP contribution in [0.4, 0.5) is 0 Å². The number of primary amides is 2. The van der Waals surface area contributed by atoms with Gasteiger partial charge < -0.3 is 70.0 Å². The molecule has 28 nitrogen and oxygen atoms in total. The van der Waals surface area contributed by atoms with E-state index in [1.807, 2.05) is 0 Å². The van der Waals surface area contributed by atoms with Crippen LogP contribution in [0.3, 0.4) is 0 Å². The van der Waals surface area contributed by atoms with Gasteiger partial charge in [0.15, 0.2) is 37.7 Å². The van der Waals surface area contributed by atoms with E-state index in [1.54, 1.807) is 0 Å². The highest BCUT2D eigenvalue weighted by Crippen LogP contribution is 2.66. The number of carbonyl (C=O) groups is 2. The van der Waals surface area contributed by atoms with Crippen molar-refractivity contribution in [3.63, 3.8) is 0 Å². The van der Waals surface area contributed by atoms with Gasteiger partial charge in [0.25, 0.3) is 11.8 Å². The summed E-state index contributed by atoms with van der Waals surface area (Å²) in [6.07, 6.45) is -6.87. The van der Waals surface area contributed by atoms with Gasteiger partial charge in [-0.3, -0.25) is 18.7 Å². The van der Waals surface area contributed by atoms with Gasteiger partial charge in [-0.2, -0.15) is 4.31 Å². The quantitative estimate of drug-likeness (QED) is 0.0832. The molecule has 2 aliphatic rings. The summed E-state index contributed by atoms with van der Waals surface area (Å²) < 4.78 is 73.6. The minimum Gasteiger partial charge on any atom is -0.388 e. The molecular formula is C16H28N8O20P4. The number of amides is 2. The molecule has 0 spiro atoms. The monoisotopic (exact) mass is 776 g/mol. The maximum atomic E-state index is 11.7. The fourth-order valence-corrected chi connectivity index (χ4v) is 7.29. The van der Waals surface area contributed by atoms with Crippen LogP contribution in [-0.2, 0) is 45.8 Å². The van der Waals surface area contributed by atoms with E-state index >= 15 is 0 Å². The fraction of sp³-hybridized carbons (Fsp3) is 0.625. The van der Waals surface area contributed by atoms with Gasteiger partial charge in [-0.05, 0) is 0 Å². The van der Waals surface area contributed by atoms with Gasteiger partial charge >= 0.3 is 30.8 Å². The minimum atomic E-state index is -5.59. The highest BCUT2D eigenvalue weighted by Gasteiger charge is 2.42. The first-order valence-corrected chi connectivity index (χ1v) is 19.0. The van der Waals surface area contributed by atoms with Gasteiger partial charge in [0.05, 0.1) is 0 Å². The standard InChI is InChI=1S/C8H15N4O13P3.C8H13N4O7P/c9-6(14)7-10-2-12(11-7)8-4(13)1-5(23-8)22-3-26(15,16)24-28(20,21)25-27(17,18)19;9-6(14)7-10-2-12(11-7)8-4(13)1-5(19-8)18-3-20(15,16)17/h2,4-5,8,13H,1,3H2,(H2,9,14)(H,15,16)(H,20,21)(H2,17,18,19);2,4-5,8,13H,1,3H2,(H2,9,14)(H2,15,16,17)/t2*4-,5+,8-/m11/s1. The largest absolute Gasteiger partial charge is 0.488 e. The fourth-order valence-electron chi connectivity index (χ4n) is 3.64. The Labute approximate surface area is 266 Å². The lowest BCUT2D eigenvalue weighted by atomic mass is 10.3. The van der Waals surface area contributed by atoms with Crippen LogP contribution in [0.25, 0.3) is 0 Å². The number of aromatic nitrogens is 6. The second-order valence-electron chi connectivity index (χ2n) is 9.36. The smallest absolute Gasteiger partial charge is 0.388 e. The molecule has 48 heavy (non-hydrogen) atoms. The maximum absolute atomic E-state index is 11.7. The summed E-state index contributed by atoms with van der Waals surface area (Å²) in [6, 6.07) is 0. The van der Waals surface area contributed by atoms with E-state index in [9.17, 15) is 43.0 Å². The number of nitrogens with two attached hydrogens (primary N) is 2. The highest BCUT2D eigenvalue weighted by molar-refractivity contribution is 7.68. The number of ether oxygens (including phenoxy) is 4. The van der Waals surface area contributed by atoms with E-state index in [1.165, 1.54) is 0 Å². The van der Waals surface area contributed by atoms with Gasteiger partial charge in [0.2, 0.25) is 11.6 Å². The van der Waals surface area contributed by atoms with Crippen LogP contribution in [0.15, 0.2) is 12.7 Å². The number of carbonyl (C=O) groups excluding carboxylic acids is 2. The van der Waals surface area contributed by atoms with Crippen molar-refractivity contribution in [2.45, 2.75) is 50.1 Å². The van der Waals surface area contributed by atoms with E-state index in [2.05, 4.69) is 28.8 Å². The summed E-state index contributed by atoms with van der Waals surface area (Å²) >= 11 is 0. The third-order valence-electron chi connectivity index (χ3n) is 5.38. The Hall–Kier alpha value is -2.42. The van der Waals surface area contributed by atoms with Crippen molar-refractivity contribution in [2.75, 3.05) is 12.7 Å². The van der Waals surface area contributed by atoms with Crippen LogP contribution in [-0.4, -0.2) is 118 Å². The Bertz CT molecular complexity index is 1640. The lowest BCUT2D eigenvalue weighted by Crippen LogP contribution is -2.21. The number of nitrogens with zero attached hydrogens (tertiary/aromatic N) is 6. The summed E-state index contributed by atoms with van der Waals surface area (Å²) in [7, 11) is -20.4. The summed E-state index contributed by atoms with van der Waals surface area (Å²) in [4.78, 5) is 81.8. The van der Waals surface area contributed by atoms with E-state index in [4.69, 9.17) is 54.9 Å². The molecule has 272 valence electrons. The van der Waals surface area contributed by atoms with Crippen molar-refractivity contribution in [3.8, 4) is 0 Å². The molecule has 2 fully saturated rings. The number of hydrogen-bond acceptors (Lipinski definition) is 18. The van der Waals surface area contributed by atoms with E-state index in [-0.39, 0.29) is 24.5 Å². The van der Waals surface area contributed by atoms with Crippen molar-refractivity contribution in [3.05, 3.63) is 24.3 Å². The first-order valence-electron chi connectivity index (χ1n) is 12.4. The molecule has 2 saturated heterocycles. The van der Waals surface area contributed by atoms with Gasteiger partial charge in [-0.15, -0.1) is 10.2 Å². The van der Waals surface area contributed by atoms with Crippen LogP contribution < -0.4 is 11.5 Å². The molecule has 2 unspecified atom stereocenters. The van der Waals surface area contributed by atoms with Crippen molar-refractivity contribution < 1.29 is 95.0 Å². The first-order chi connectivity index (χ1) is 21.9. The van der Waals surface area contributed by atoms with Crippen LogP contribution in [0.5, 0.6) is 0 Å². The third-order valence-corrected chi connectivity index (χ3v) is 9.86. The van der Waals surface area contributed by atoms with E-state index in [0.29, 0.717) is 0 Å². The normalized spacial score (nSPS) is 27.1. The van der Waals surface area contributed by atoms with Crippen LogP contribution in [0.1, 0.15) is 46.5 Å². The van der Waals surface area contributed by atoms with Crippen LogP contribution >= 0.6 is 30.8 Å². The summed E-state index contributed by atoms with van der Waals surface area (Å²) in [5.74, 6) is -2.34. The van der Waals surface area contributed by atoms with Crippen LogP contribution in [0, 0.1) is 0 Å². The highest BCUT2D eigenvalue weighted by atomic mass is 31.3. The first kappa shape index (κ1) is 40.0. The molecule has 0 aliphatic carbocycles. The number of rotatable bonds is 14. The summed E-state index contributed by atoms with van der Waals surface area (Å²) in [6.45, 7) is 0. The molecule has 8 atom stereocenters. The lowest BCUT2D eigenvalue weighted by Gasteiger charge is -2.18. The average molecular weight is 776 g/mol. The topological polar surface area (TPSA) is 433 Å². The predicted octanol–water partition coefficient (Wildman–Crippen LogP) is -3.50. The molecule has 2 aromatic rings. The van der Waals surface area contributed by atoms with Gasteiger partial charge in [-0.1, -0.05) is 0 Å². The number of hydrogen-bond donors (Lipinski definition) is 10. The molecule has 32 heteroatoms. The molecule has 2 aromatic heterocycles. The zero-order valence-corrected chi connectivity index (χ0v) is 27.1. The zero-order valence-electron chi connectivity index (χ0n) is 23.6. The summed E-state index contributed by atoms with van der Waals surface area (Å²) in [5, 5.41) is 27.1. The second kappa shape index (κ2) is 15.6. The molecule has 2 aliphatic heterocycles. The molecule has 0 radical (unpaired) electrons. The van der Waals surface area contributed by atoms with Crippen molar-refractivity contribution in [1.29, 1.82) is 0 Å². The Morgan fingerprint density at radius 2 is 1.19 bits per heavy atom. The van der Waals surface area contributed by atoms with Crippen LogP contribution in [0.2, 0.25) is 0 Å². The molecule has 2 amide bonds. The maximum Gasteiger partial charge on any atom is 0.488 e. The van der Waals surface area contributed by atoms with Crippen molar-refractivity contribution in [1.82, 2.24) is 29.5 Å². The molecule has 0 bridgehead atoms. The Morgan fingerprint density at radius 3 is 1.54 bits per heavy atom. The second-order valence-corrected chi connectivity index (χ2v) is 15.7. The Balaban J connectivity index is 0.000000275. The number of aliphatic hydroxyl groups is 2. The van der Waals surface area contributed by atoms with Crippen molar-refractivity contribution >= 4 is 42.7 Å². The number of aliphatic hydroxyl groups excluding tert-OH is 2. The Morgan fingerprint density at radius 1 is 0.771 bits per heavy atom. The van der Waals surface area contributed by atoms with Gasteiger partial charge in [-0.25, -0.2) is 32.8 Å². The Kier molecular flexibility index (Phi) is 13.0. The SMILES string of the molecule is NC(=O)c1ncn([C@@H]2O[C@H](OCP(=O)(O)O)C[C@H]2O)n1.NC(=O)c1ncn([C@@H]2O[C@H](OCP(=O)(O)OP(=O)(O)OP(=O)(O)O)C[C@H]2O)n1. The van der Waals surface area contributed by atoms with E-state index < -0.39 is 92.6 Å². The summed E-state index contributed by atoms with van der Waals surface area (Å²) in [5.41, 5.74) is 9.98. The predicted molar refractivity (Wildman–Crippen MR) is 144 cm³/mol. The molecule has 4 heterocycles. The zero-order chi connectivity index (χ0) is 36.2. The number of phosphoric acid groups is 2. The third kappa shape index (κ3) is 12.5. The molecule has 4 rings (SSSR count). The average Bonchev–Trinajstić information content (AvgIpc) is 3.70. The lowest BCUT2D eigenvalue weighted by molar-refractivity contribution is -0.149. The van der Waals surface area contributed by atoms with Crippen molar-refractivity contribution in [2.24, 2.45) is 11.5 Å². The molecule has 0 aromatic carbocycles.